The van der Waals surface area contributed by atoms with Crippen LogP contribution in [0.2, 0.25) is 0 Å². The number of rotatable bonds is 3. The summed E-state index contributed by atoms with van der Waals surface area (Å²) in [5, 5.41) is 14.6. The lowest BCUT2D eigenvalue weighted by Gasteiger charge is -2.54. The Bertz CT molecular complexity index is 1000. The van der Waals surface area contributed by atoms with Crippen molar-refractivity contribution >= 4 is 11.6 Å². The molecule has 2 spiro atoms. The minimum absolute atomic E-state index is 0.0342. The van der Waals surface area contributed by atoms with E-state index < -0.39 is 0 Å². The van der Waals surface area contributed by atoms with Crippen molar-refractivity contribution in [2.24, 2.45) is 17.3 Å². The van der Waals surface area contributed by atoms with Gasteiger partial charge < -0.3 is 15.3 Å². The molecule has 6 atom stereocenters. The van der Waals surface area contributed by atoms with Crippen LogP contribution in [0.3, 0.4) is 0 Å². The minimum atomic E-state index is -0.282. The van der Waals surface area contributed by atoms with Crippen LogP contribution in [0.25, 0.3) is 0 Å². The molecule has 3 aliphatic carbocycles. The maximum Gasteiger partial charge on any atom is 0.228 e. The molecule has 1 aromatic rings. The molecule has 32 heavy (non-hydrogen) atoms. The first-order valence-electron chi connectivity index (χ1n) is 12.1. The SMILES string of the molecule is CN(O)[C@@H]1CCC2=CC3=CC[C@]4(C)[C@@H](C(=O)Nc5cccnc5)CC[C@H]4[C@@]34CC[C@]2(C1)O4. The van der Waals surface area contributed by atoms with Gasteiger partial charge in [0.2, 0.25) is 5.91 Å². The predicted octanol–water partition coefficient (Wildman–Crippen LogP) is 4.48. The molecule has 6 nitrogen and oxygen atoms in total. The molecule has 5 aliphatic rings. The highest BCUT2D eigenvalue weighted by Crippen LogP contribution is 2.67. The second-order valence-corrected chi connectivity index (χ2v) is 10.9. The third-order valence-electron chi connectivity index (χ3n) is 9.43. The fourth-order valence-corrected chi connectivity index (χ4v) is 7.80. The summed E-state index contributed by atoms with van der Waals surface area (Å²) >= 11 is 0. The van der Waals surface area contributed by atoms with Crippen LogP contribution in [-0.4, -0.2) is 45.5 Å². The van der Waals surface area contributed by atoms with E-state index in [0.29, 0.717) is 5.92 Å². The molecule has 1 amide bonds. The monoisotopic (exact) mass is 435 g/mol. The van der Waals surface area contributed by atoms with Gasteiger partial charge in [0.15, 0.2) is 0 Å². The fourth-order valence-electron chi connectivity index (χ4n) is 7.80. The zero-order chi connectivity index (χ0) is 22.1. The number of hydrogen-bond acceptors (Lipinski definition) is 5. The van der Waals surface area contributed by atoms with Crippen molar-refractivity contribution < 1.29 is 14.7 Å². The predicted molar refractivity (Wildman–Crippen MR) is 121 cm³/mol. The van der Waals surface area contributed by atoms with Gasteiger partial charge in [-0.2, -0.15) is 5.06 Å². The molecular weight excluding hydrogens is 402 g/mol. The van der Waals surface area contributed by atoms with E-state index in [1.807, 2.05) is 12.1 Å². The van der Waals surface area contributed by atoms with Gasteiger partial charge in [-0.15, -0.1) is 0 Å². The molecule has 2 bridgehead atoms. The van der Waals surface area contributed by atoms with Crippen molar-refractivity contribution in [2.75, 3.05) is 12.4 Å². The second-order valence-electron chi connectivity index (χ2n) is 10.9. The van der Waals surface area contributed by atoms with Gasteiger partial charge in [-0.1, -0.05) is 19.1 Å². The van der Waals surface area contributed by atoms with Crippen molar-refractivity contribution in [3.05, 3.63) is 47.8 Å². The van der Waals surface area contributed by atoms with E-state index >= 15 is 0 Å². The first-order valence-corrected chi connectivity index (χ1v) is 12.1. The van der Waals surface area contributed by atoms with Crippen LogP contribution >= 0.6 is 0 Å². The number of amides is 1. The van der Waals surface area contributed by atoms with Crippen LogP contribution in [-0.2, 0) is 9.53 Å². The van der Waals surface area contributed by atoms with E-state index in [9.17, 15) is 10.0 Å². The topological polar surface area (TPSA) is 74.7 Å². The maximum atomic E-state index is 13.3. The van der Waals surface area contributed by atoms with Gasteiger partial charge in [-0.3, -0.25) is 9.78 Å². The highest BCUT2D eigenvalue weighted by atomic mass is 16.5. The summed E-state index contributed by atoms with van der Waals surface area (Å²) in [5.41, 5.74) is 2.89. The van der Waals surface area contributed by atoms with Gasteiger partial charge in [0.05, 0.1) is 23.1 Å². The van der Waals surface area contributed by atoms with Gasteiger partial charge in [-0.25, -0.2) is 0 Å². The average molecular weight is 436 g/mol. The van der Waals surface area contributed by atoms with Crippen molar-refractivity contribution in [1.82, 2.24) is 10.0 Å². The number of carbonyl (C=O) groups excluding carboxylic acids is 1. The van der Waals surface area contributed by atoms with E-state index in [-0.39, 0.29) is 34.5 Å². The summed E-state index contributed by atoms with van der Waals surface area (Å²) in [6.45, 7) is 2.30. The number of nitrogens with zero attached hydrogens (tertiary/aromatic N) is 2. The Balaban J connectivity index is 1.31. The first kappa shape index (κ1) is 20.6. The van der Waals surface area contributed by atoms with Gasteiger partial charge >= 0.3 is 0 Å². The van der Waals surface area contributed by atoms with E-state index in [4.69, 9.17) is 4.74 Å². The van der Waals surface area contributed by atoms with Crippen LogP contribution < -0.4 is 5.32 Å². The number of anilines is 1. The Labute approximate surface area is 189 Å². The van der Waals surface area contributed by atoms with Crippen molar-refractivity contribution in [1.29, 1.82) is 0 Å². The number of ether oxygens (including phenoxy) is 1. The third kappa shape index (κ3) is 2.76. The Hall–Kier alpha value is -2.02. The normalized spacial score (nSPS) is 41.9. The second kappa shape index (κ2) is 6.99. The number of hydroxylamine groups is 2. The van der Waals surface area contributed by atoms with Gasteiger partial charge in [-0.05, 0) is 86.0 Å². The number of allylic oxidation sites excluding steroid dienone is 1. The molecule has 0 unspecified atom stereocenters. The third-order valence-corrected chi connectivity index (χ3v) is 9.43. The maximum absolute atomic E-state index is 13.3. The Morgan fingerprint density at radius 3 is 2.97 bits per heavy atom. The molecule has 3 heterocycles. The molecule has 0 aromatic carbocycles. The average Bonchev–Trinajstić information content (AvgIpc) is 3.29. The number of hydrogen-bond donors (Lipinski definition) is 2. The summed E-state index contributed by atoms with van der Waals surface area (Å²) in [4.78, 5) is 17.5. The van der Waals surface area contributed by atoms with Crippen LogP contribution in [0.4, 0.5) is 5.69 Å². The Morgan fingerprint density at radius 2 is 2.19 bits per heavy atom. The molecule has 0 radical (unpaired) electrons. The van der Waals surface area contributed by atoms with Crippen molar-refractivity contribution in [3.8, 4) is 0 Å². The zero-order valence-electron chi connectivity index (χ0n) is 19.0. The van der Waals surface area contributed by atoms with Crippen LogP contribution in [0.1, 0.15) is 58.3 Å². The minimum Gasteiger partial charge on any atom is -0.359 e. The lowest BCUT2D eigenvalue weighted by molar-refractivity contribution is -0.169. The summed E-state index contributed by atoms with van der Waals surface area (Å²) in [6, 6.07) is 3.89. The van der Waals surface area contributed by atoms with E-state index in [1.54, 1.807) is 19.4 Å². The largest absolute Gasteiger partial charge is 0.359 e. The molecule has 2 N–H and O–H groups in total. The van der Waals surface area contributed by atoms with Crippen molar-refractivity contribution in [3.63, 3.8) is 0 Å². The lowest BCUT2D eigenvalue weighted by Crippen LogP contribution is -2.55. The summed E-state index contributed by atoms with van der Waals surface area (Å²) in [6.07, 6.45) is 15.9. The number of nitrogens with one attached hydrogen (secondary N) is 1. The Kier molecular flexibility index (Phi) is 4.49. The molecule has 6 rings (SSSR count). The first-order chi connectivity index (χ1) is 15.4. The van der Waals surface area contributed by atoms with Crippen LogP contribution in [0, 0.1) is 17.3 Å². The van der Waals surface area contributed by atoms with Crippen LogP contribution in [0.15, 0.2) is 47.8 Å². The van der Waals surface area contributed by atoms with Gasteiger partial charge in [0.25, 0.3) is 0 Å². The quantitative estimate of drug-likeness (QED) is 0.685. The lowest BCUT2D eigenvalue weighted by atomic mass is 9.58. The molecule has 170 valence electrons. The highest BCUT2D eigenvalue weighted by Gasteiger charge is 2.67. The smallest absolute Gasteiger partial charge is 0.228 e. The Morgan fingerprint density at radius 1 is 1.31 bits per heavy atom. The number of carbonyl (C=O) groups is 1. The number of fused-ring (bicyclic) bond motifs is 1. The fraction of sp³-hybridized carbons (Fsp3) is 0.615. The number of aromatic nitrogens is 1. The molecule has 2 aliphatic heterocycles. The molecular formula is C26H33N3O3. The van der Waals surface area contributed by atoms with Gasteiger partial charge in [0, 0.05) is 25.2 Å². The molecule has 1 saturated heterocycles. The number of pyridine rings is 1. The summed E-state index contributed by atoms with van der Waals surface area (Å²) < 4.78 is 7.17. The van der Waals surface area contributed by atoms with E-state index in [1.165, 1.54) is 16.2 Å². The standard InChI is InChI=1S/C26H33N3O3/c1-24-10-9-18-14-17-5-6-20(29(2)31)15-25(17)11-12-26(18,32-25)22(24)8-7-21(24)23(30)28-19-4-3-13-27-16-19/h3-4,9,13-14,16,20-22,31H,5-8,10-12,15H2,1-2H3,(H,28,30)/t20-,21-,22-,24-,25-,26-/m1/s1. The molecule has 1 aromatic heterocycles. The highest BCUT2D eigenvalue weighted by molar-refractivity contribution is 5.93. The van der Waals surface area contributed by atoms with Crippen LogP contribution in [0.5, 0.6) is 0 Å². The summed E-state index contributed by atoms with van der Waals surface area (Å²) in [7, 11) is 1.76. The summed E-state index contributed by atoms with van der Waals surface area (Å²) in [5.74, 6) is 0.410. The van der Waals surface area contributed by atoms with E-state index in [2.05, 4.69) is 29.4 Å². The van der Waals surface area contributed by atoms with Gasteiger partial charge in [0.1, 0.15) is 0 Å². The molecule has 2 saturated carbocycles. The zero-order valence-corrected chi connectivity index (χ0v) is 19.0. The molecule has 3 fully saturated rings. The molecule has 6 heteroatoms. The van der Waals surface area contributed by atoms with Crippen molar-refractivity contribution in [2.45, 2.75) is 75.5 Å². The van der Waals surface area contributed by atoms with E-state index in [0.717, 1.165) is 57.1 Å².